The highest BCUT2D eigenvalue weighted by molar-refractivity contribution is 7.15. The molecule has 2 saturated carbocycles. The molecular formula is C25H25F3N4O3S. The largest absolute Gasteiger partial charge is 0.433 e. The normalized spacial score (nSPS) is 28.2. The molecule has 0 radical (unpaired) electrons. The van der Waals surface area contributed by atoms with Crippen molar-refractivity contribution in [2.75, 3.05) is 5.32 Å². The fraction of sp³-hybridized carbons (Fsp3) is 0.440. The number of halogens is 3. The molecule has 1 aromatic carbocycles. The first-order valence-electron chi connectivity index (χ1n) is 11.6. The monoisotopic (exact) mass is 518 g/mol. The first kappa shape index (κ1) is 24.8. The summed E-state index contributed by atoms with van der Waals surface area (Å²) in [5.74, 6) is -0.137. The summed E-state index contributed by atoms with van der Waals surface area (Å²) < 4.78 is 39.0. The summed E-state index contributed by atoms with van der Waals surface area (Å²) in [5.41, 5.74) is -2.39. The minimum absolute atomic E-state index is 0.0384. The number of alkyl halides is 3. The Balaban J connectivity index is 1.41. The molecule has 0 amide bonds. The molecule has 11 heteroatoms. The molecule has 0 aliphatic heterocycles. The van der Waals surface area contributed by atoms with Crippen molar-refractivity contribution in [3.8, 4) is 10.4 Å². The smallest absolute Gasteiger partial charge is 0.389 e. The van der Waals surface area contributed by atoms with Crippen LogP contribution in [-0.2, 0) is 16.6 Å². The third-order valence-electron chi connectivity index (χ3n) is 7.50. The van der Waals surface area contributed by atoms with Crippen LogP contribution in [-0.4, -0.2) is 36.5 Å². The summed E-state index contributed by atoms with van der Waals surface area (Å²) in [6.07, 6.45) is -0.523. The minimum Gasteiger partial charge on any atom is -0.389 e. The van der Waals surface area contributed by atoms with Gasteiger partial charge in [0.15, 0.2) is 0 Å². The van der Waals surface area contributed by atoms with Crippen LogP contribution in [0.15, 0.2) is 36.7 Å². The Bertz CT molecular complexity index is 1350. The standard InChI is InChI=1S/C25H25F3N4O3S/c1-14-9-15(11-16(10-14)31-21-29-8-4-18(32-21)25(26,27)28)17-12-30-20(36-17)23(34)7-6-22(2)19(33)3-5-24(22,35)13-23/h4,8-12,34-35H,3,5-7,13H2,1-2H3,(H,29,31,32). The first-order valence-corrected chi connectivity index (χ1v) is 12.4. The molecule has 3 atom stereocenters. The number of ketones is 1. The van der Waals surface area contributed by atoms with E-state index in [2.05, 4.69) is 20.3 Å². The van der Waals surface area contributed by atoms with Crippen LogP contribution < -0.4 is 5.32 Å². The molecule has 3 N–H and O–H groups in total. The minimum atomic E-state index is -4.58. The average Bonchev–Trinajstić information content (AvgIpc) is 3.38. The van der Waals surface area contributed by atoms with Crippen molar-refractivity contribution in [3.63, 3.8) is 0 Å². The van der Waals surface area contributed by atoms with Crippen molar-refractivity contribution in [2.24, 2.45) is 5.41 Å². The molecule has 0 saturated heterocycles. The lowest BCUT2D eigenvalue weighted by atomic mass is 9.61. The maximum absolute atomic E-state index is 13.0. The SMILES string of the molecule is Cc1cc(Nc2nccc(C(F)(F)F)n2)cc(-c2cnc(C3(O)CCC4(C)C(=O)CCC4(O)C3)s2)c1. The molecule has 2 fully saturated rings. The van der Waals surface area contributed by atoms with E-state index in [4.69, 9.17) is 0 Å². The maximum atomic E-state index is 13.0. The van der Waals surface area contributed by atoms with Gasteiger partial charge in [-0.2, -0.15) is 13.2 Å². The molecule has 2 aliphatic carbocycles. The van der Waals surface area contributed by atoms with E-state index in [-0.39, 0.29) is 18.2 Å². The highest BCUT2D eigenvalue weighted by atomic mass is 32.1. The number of benzene rings is 1. The zero-order valence-electron chi connectivity index (χ0n) is 19.7. The van der Waals surface area contributed by atoms with E-state index in [1.807, 2.05) is 13.0 Å². The van der Waals surface area contributed by atoms with Gasteiger partial charge in [-0.15, -0.1) is 11.3 Å². The van der Waals surface area contributed by atoms with Crippen molar-refractivity contribution >= 4 is 28.8 Å². The Morgan fingerprint density at radius 3 is 2.64 bits per heavy atom. The van der Waals surface area contributed by atoms with Gasteiger partial charge in [0.1, 0.15) is 22.1 Å². The number of nitrogens with one attached hydrogen (secondary N) is 1. The molecule has 3 unspecified atom stereocenters. The van der Waals surface area contributed by atoms with Gasteiger partial charge in [0.25, 0.3) is 0 Å². The number of anilines is 2. The number of thiazole rings is 1. The predicted molar refractivity (Wildman–Crippen MR) is 128 cm³/mol. The lowest BCUT2D eigenvalue weighted by Gasteiger charge is -2.48. The van der Waals surface area contributed by atoms with E-state index >= 15 is 0 Å². The van der Waals surface area contributed by atoms with Gasteiger partial charge in [0, 0.05) is 30.9 Å². The molecular weight excluding hydrogens is 493 g/mol. The van der Waals surface area contributed by atoms with E-state index in [0.29, 0.717) is 36.4 Å². The third-order valence-corrected chi connectivity index (χ3v) is 8.74. The Hall–Kier alpha value is -2.89. The van der Waals surface area contributed by atoms with Gasteiger partial charge in [0.05, 0.1) is 15.9 Å². The molecule has 36 heavy (non-hydrogen) atoms. The van der Waals surface area contributed by atoms with Gasteiger partial charge in [-0.1, -0.05) is 6.07 Å². The van der Waals surface area contributed by atoms with Crippen LogP contribution in [0.3, 0.4) is 0 Å². The van der Waals surface area contributed by atoms with Crippen LogP contribution in [0.25, 0.3) is 10.4 Å². The van der Waals surface area contributed by atoms with E-state index in [1.54, 1.807) is 25.3 Å². The Morgan fingerprint density at radius 1 is 1.11 bits per heavy atom. The molecule has 0 bridgehead atoms. The molecule has 0 spiro atoms. The van der Waals surface area contributed by atoms with E-state index < -0.39 is 28.5 Å². The van der Waals surface area contributed by atoms with E-state index in [9.17, 15) is 28.2 Å². The second-order valence-electron chi connectivity index (χ2n) is 10.0. The highest BCUT2D eigenvalue weighted by Gasteiger charge is 2.62. The van der Waals surface area contributed by atoms with Crippen LogP contribution in [0, 0.1) is 12.3 Å². The number of nitrogens with zero attached hydrogens (tertiary/aromatic N) is 3. The summed E-state index contributed by atoms with van der Waals surface area (Å²) in [4.78, 5) is 25.1. The number of hydrogen-bond acceptors (Lipinski definition) is 8. The lowest BCUT2D eigenvalue weighted by Crippen LogP contribution is -2.54. The Morgan fingerprint density at radius 2 is 1.89 bits per heavy atom. The van der Waals surface area contributed by atoms with Gasteiger partial charge in [-0.25, -0.2) is 15.0 Å². The van der Waals surface area contributed by atoms with Crippen LogP contribution in [0.4, 0.5) is 24.8 Å². The van der Waals surface area contributed by atoms with Crippen molar-refractivity contribution < 1.29 is 28.2 Å². The number of aryl methyl sites for hydroxylation is 1. The van der Waals surface area contributed by atoms with Crippen LogP contribution in [0.1, 0.15) is 55.3 Å². The van der Waals surface area contributed by atoms with Crippen molar-refractivity contribution in [1.29, 1.82) is 0 Å². The lowest BCUT2D eigenvalue weighted by molar-refractivity contribution is -0.168. The number of carbonyl (C=O) groups is 1. The maximum Gasteiger partial charge on any atom is 0.433 e. The summed E-state index contributed by atoms with van der Waals surface area (Å²) in [7, 11) is 0. The predicted octanol–water partition coefficient (Wildman–Crippen LogP) is 5.14. The van der Waals surface area contributed by atoms with Crippen molar-refractivity contribution in [1.82, 2.24) is 15.0 Å². The average molecular weight is 519 g/mol. The van der Waals surface area contributed by atoms with Gasteiger partial charge in [-0.3, -0.25) is 4.79 Å². The molecule has 2 aliphatic rings. The van der Waals surface area contributed by atoms with Crippen molar-refractivity contribution in [3.05, 3.63) is 52.9 Å². The van der Waals surface area contributed by atoms with E-state index in [0.717, 1.165) is 28.3 Å². The Kier molecular flexibility index (Phi) is 5.73. The van der Waals surface area contributed by atoms with Crippen LogP contribution in [0.5, 0.6) is 0 Å². The zero-order chi connectivity index (χ0) is 25.9. The highest BCUT2D eigenvalue weighted by Crippen LogP contribution is 2.58. The number of fused-ring (bicyclic) bond motifs is 1. The van der Waals surface area contributed by atoms with E-state index in [1.165, 1.54) is 11.3 Å². The van der Waals surface area contributed by atoms with Crippen LogP contribution >= 0.6 is 11.3 Å². The first-order chi connectivity index (χ1) is 16.8. The van der Waals surface area contributed by atoms with Gasteiger partial charge >= 0.3 is 6.18 Å². The fourth-order valence-corrected chi connectivity index (χ4v) is 6.34. The molecule has 190 valence electrons. The summed E-state index contributed by atoms with van der Waals surface area (Å²) >= 11 is 1.29. The topological polar surface area (TPSA) is 108 Å². The molecule has 7 nitrogen and oxygen atoms in total. The van der Waals surface area contributed by atoms with Gasteiger partial charge in [0.2, 0.25) is 5.95 Å². The number of hydrogen-bond donors (Lipinski definition) is 3. The second kappa shape index (κ2) is 8.32. The molecule has 2 aromatic heterocycles. The number of rotatable bonds is 4. The summed E-state index contributed by atoms with van der Waals surface area (Å²) in [6, 6.07) is 6.22. The zero-order valence-corrected chi connectivity index (χ0v) is 20.5. The number of carbonyl (C=O) groups excluding carboxylic acids is 1. The van der Waals surface area contributed by atoms with Gasteiger partial charge in [-0.05, 0) is 62.4 Å². The quantitative estimate of drug-likeness (QED) is 0.439. The van der Waals surface area contributed by atoms with Gasteiger partial charge < -0.3 is 15.5 Å². The number of aliphatic hydroxyl groups is 2. The van der Waals surface area contributed by atoms with Crippen molar-refractivity contribution in [2.45, 2.75) is 63.3 Å². The molecule has 2 heterocycles. The molecule has 5 rings (SSSR count). The summed E-state index contributed by atoms with van der Waals surface area (Å²) in [6.45, 7) is 3.64. The summed E-state index contributed by atoms with van der Waals surface area (Å²) in [5, 5.41) is 26.0. The Labute approximate surface area is 209 Å². The fourth-order valence-electron chi connectivity index (χ4n) is 5.32. The number of aromatic nitrogens is 3. The molecule has 3 aromatic rings. The number of Topliss-reactive ketones (excluding diaryl/α,β-unsaturated/α-hetero) is 1. The second-order valence-corrected chi connectivity index (χ2v) is 11.0. The van der Waals surface area contributed by atoms with Crippen LogP contribution in [0.2, 0.25) is 0 Å². The third kappa shape index (κ3) is 4.18.